The summed E-state index contributed by atoms with van der Waals surface area (Å²) in [5, 5.41) is 9.20. The Morgan fingerprint density at radius 3 is 2.57 bits per heavy atom. The van der Waals surface area contributed by atoms with Gasteiger partial charge in [-0.2, -0.15) is 0 Å². The van der Waals surface area contributed by atoms with Crippen molar-refractivity contribution in [1.29, 1.82) is 0 Å². The number of hydrogen-bond donors (Lipinski definition) is 1. The molecule has 0 radical (unpaired) electrons. The number of rotatable bonds is 1. The van der Waals surface area contributed by atoms with Crippen LogP contribution < -0.4 is 4.90 Å². The quantitative estimate of drug-likeness (QED) is 0.737. The Kier molecular flexibility index (Phi) is 2.62. The first-order chi connectivity index (χ1) is 6.77. The lowest BCUT2D eigenvalue weighted by atomic mass is 10.0. The highest BCUT2D eigenvalue weighted by molar-refractivity contribution is 5.49. The van der Waals surface area contributed by atoms with Crippen molar-refractivity contribution in [3.63, 3.8) is 0 Å². The van der Waals surface area contributed by atoms with Crippen LogP contribution in [0.5, 0.6) is 5.75 Å². The monoisotopic (exact) mass is 191 g/mol. The highest BCUT2D eigenvalue weighted by atomic mass is 16.3. The summed E-state index contributed by atoms with van der Waals surface area (Å²) in [7, 11) is 0. The van der Waals surface area contributed by atoms with E-state index in [1.165, 1.54) is 24.9 Å². The van der Waals surface area contributed by atoms with Crippen LogP contribution in [0.2, 0.25) is 0 Å². The Morgan fingerprint density at radius 1 is 1.21 bits per heavy atom. The van der Waals surface area contributed by atoms with E-state index in [4.69, 9.17) is 0 Å². The molecule has 2 heteroatoms. The summed E-state index contributed by atoms with van der Waals surface area (Å²) in [6.45, 7) is 3.41. The standard InChI is InChI=1S/C12H17NO/c1-10-4-2-3-9-13(10)11-5-7-12(14)8-6-11/h5-8,10,14H,2-4,9H2,1H3. The van der Waals surface area contributed by atoms with E-state index in [9.17, 15) is 5.11 Å². The fraction of sp³-hybridized carbons (Fsp3) is 0.500. The molecular weight excluding hydrogens is 174 g/mol. The second-order valence-electron chi connectivity index (χ2n) is 4.05. The summed E-state index contributed by atoms with van der Waals surface area (Å²) in [5.41, 5.74) is 1.23. The van der Waals surface area contributed by atoms with Crippen LogP contribution in [0.1, 0.15) is 26.2 Å². The molecule has 14 heavy (non-hydrogen) atoms. The van der Waals surface area contributed by atoms with Crippen LogP contribution >= 0.6 is 0 Å². The van der Waals surface area contributed by atoms with E-state index in [0.717, 1.165) is 6.54 Å². The Morgan fingerprint density at radius 2 is 1.93 bits per heavy atom. The second kappa shape index (κ2) is 3.91. The molecule has 1 unspecified atom stereocenters. The number of benzene rings is 1. The number of anilines is 1. The zero-order chi connectivity index (χ0) is 9.97. The minimum absolute atomic E-state index is 0.346. The van der Waals surface area contributed by atoms with Crippen molar-refractivity contribution in [3.8, 4) is 5.75 Å². The lowest BCUT2D eigenvalue weighted by Gasteiger charge is -2.35. The Hall–Kier alpha value is -1.18. The van der Waals surface area contributed by atoms with Crippen LogP contribution in [0, 0.1) is 0 Å². The summed E-state index contributed by atoms with van der Waals surface area (Å²) < 4.78 is 0. The van der Waals surface area contributed by atoms with Crippen LogP contribution in [-0.2, 0) is 0 Å². The maximum Gasteiger partial charge on any atom is 0.115 e. The largest absolute Gasteiger partial charge is 0.508 e. The van der Waals surface area contributed by atoms with E-state index in [2.05, 4.69) is 11.8 Å². The minimum Gasteiger partial charge on any atom is -0.508 e. The second-order valence-corrected chi connectivity index (χ2v) is 4.05. The Balaban J connectivity index is 2.16. The van der Waals surface area contributed by atoms with Gasteiger partial charge in [0.25, 0.3) is 0 Å². The molecule has 1 aromatic rings. The maximum absolute atomic E-state index is 9.20. The molecule has 1 aliphatic heterocycles. The minimum atomic E-state index is 0.346. The lowest BCUT2D eigenvalue weighted by Crippen LogP contribution is -2.37. The molecule has 76 valence electrons. The highest BCUT2D eigenvalue weighted by Crippen LogP contribution is 2.25. The van der Waals surface area contributed by atoms with Gasteiger partial charge in [0.15, 0.2) is 0 Å². The number of nitrogens with zero attached hydrogens (tertiary/aromatic N) is 1. The predicted molar refractivity (Wildman–Crippen MR) is 58.8 cm³/mol. The van der Waals surface area contributed by atoms with Gasteiger partial charge in [-0.15, -0.1) is 0 Å². The first-order valence-corrected chi connectivity index (χ1v) is 5.33. The molecule has 2 nitrogen and oxygen atoms in total. The number of phenols is 1. The van der Waals surface area contributed by atoms with Crippen molar-refractivity contribution in [2.24, 2.45) is 0 Å². The lowest BCUT2D eigenvalue weighted by molar-refractivity contribution is 0.472. The third kappa shape index (κ3) is 1.84. The molecule has 1 saturated heterocycles. The molecule has 0 bridgehead atoms. The molecule has 2 rings (SSSR count). The van der Waals surface area contributed by atoms with E-state index >= 15 is 0 Å². The molecule has 0 amide bonds. The summed E-state index contributed by atoms with van der Waals surface area (Å²) >= 11 is 0. The van der Waals surface area contributed by atoms with Crippen LogP contribution in [-0.4, -0.2) is 17.7 Å². The van der Waals surface area contributed by atoms with E-state index in [1.54, 1.807) is 12.1 Å². The number of piperidine rings is 1. The first kappa shape index (κ1) is 9.38. The van der Waals surface area contributed by atoms with Crippen molar-refractivity contribution >= 4 is 5.69 Å². The highest BCUT2D eigenvalue weighted by Gasteiger charge is 2.17. The summed E-state index contributed by atoms with van der Waals surface area (Å²) in [5.74, 6) is 0.346. The van der Waals surface area contributed by atoms with Gasteiger partial charge in [-0.05, 0) is 50.5 Å². The van der Waals surface area contributed by atoms with Gasteiger partial charge in [0.2, 0.25) is 0 Å². The van der Waals surface area contributed by atoms with Crippen molar-refractivity contribution < 1.29 is 5.11 Å². The molecule has 0 saturated carbocycles. The van der Waals surface area contributed by atoms with E-state index in [0.29, 0.717) is 11.8 Å². The smallest absolute Gasteiger partial charge is 0.115 e. The van der Waals surface area contributed by atoms with Gasteiger partial charge in [-0.25, -0.2) is 0 Å². The van der Waals surface area contributed by atoms with Crippen LogP contribution in [0.15, 0.2) is 24.3 Å². The van der Waals surface area contributed by atoms with E-state index < -0.39 is 0 Å². The molecule has 0 spiro atoms. The van der Waals surface area contributed by atoms with Crippen LogP contribution in [0.25, 0.3) is 0 Å². The van der Waals surface area contributed by atoms with Gasteiger partial charge in [0.05, 0.1) is 0 Å². The van der Waals surface area contributed by atoms with Crippen LogP contribution in [0.4, 0.5) is 5.69 Å². The molecule has 1 N–H and O–H groups in total. The summed E-state index contributed by atoms with van der Waals surface area (Å²) in [6, 6.07) is 8.15. The van der Waals surface area contributed by atoms with Crippen molar-refractivity contribution in [2.75, 3.05) is 11.4 Å². The molecule has 1 heterocycles. The first-order valence-electron chi connectivity index (χ1n) is 5.33. The van der Waals surface area contributed by atoms with E-state index in [-0.39, 0.29) is 0 Å². The third-order valence-electron chi connectivity index (χ3n) is 2.98. The SMILES string of the molecule is CC1CCCCN1c1ccc(O)cc1. The number of aromatic hydroxyl groups is 1. The van der Waals surface area contributed by atoms with Crippen molar-refractivity contribution in [3.05, 3.63) is 24.3 Å². The van der Waals surface area contributed by atoms with Gasteiger partial charge in [-0.1, -0.05) is 0 Å². The van der Waals surface area contributed by atoms with Crippen LogP contribution in [0.3, 0.4) is 0 Å². The molecule has 0 aliphatic carbocycles. The van der Waals surface area contributed by atoms with Gasteiger partial charge in [-0.3, -0.25) is 0 Å². The normalized spacial score (nSPS) is 22.4. The van der Waals surface area contributed by atoms with Gasteiger partial charge >= 0.3 is 0 Å². The predicted octanol–water partition coefficient (Wildman–Crippen LogP) is 2.77. The van der Waals surface area contributed by atoms with Crippen molar-refractivity contribution in [1.82, 2.24) is 0 Å². The van der Waals surface area contributed by atoms with Gasteiger partial charge in [0.1, 0.15) is 5.75 Å². The third-order valence-corrected chi connectivity index (χ3v) is 2.98. The zero-order valence-electron chi connectivity index (χ0n) is 8.61. The average molecular weight is 191 g/mol. The summed E-state index contributed by atoms with van der Waals surface area (Å²) in [4.78, 5) is 2.42. The summed E-state index contributed by atoms with van der Waals surface area (Å²) in [6.07, 6.45) is 3.90. The van der Waals surface area contributed by atoms with Gasteiger partial charge in [0, 0.05) is 18.3 Å². The molecule has 1 fully saturated rings. The van der Waals surface area contributed by atoms with Crippen molar-refractivity contribution in [2.45, 2.75) is 32.2 Å². The molecule has 1 aliphatic rings. The maximum atomic E-state index is 9.20. The number of phenolic OH excluding ortho intramolecular Hbond substituents is 1. The molecule has 0 aromatic heterocycles. The molecule has 1 atom stereocenters. The topological polar surface area (TPSA) is 23.5 Å². The Bertz CT molecular complexity index is 294. The Labute approximate surface area is 85.2 Å². The van der Waals surface area contributed by atoms with Gasteiger partial charge < -0.3 is 10.0 Å². The molecule has 1 aromatic carbocycles. The average Bonchev–Trinajstić information content (AvgIpc) is 2.20. The fourth-order valence-corrected chi connectivity index (χ4v) is 2.13. The van der Waals surface area contributed by atoms with E-state index in [1.807, 2.05) is 12.1 Å². The molecular formula is C12H17NO. The zero-order valence-corrected chi connectivity index (χ0v) is 8.61. The fourth-order valence-electron chi connectivity index (χ4n) is 2.13. The number of hydrogen-bond acceptors (Lipinski definition) is 2.